The molecular weight excluding hydrogens is 516 g/mol. The van der Waals surface area contributed by atoms with Crippen LogP contribution in [0.15, 0.2) is 82.6 Å². The van der Waals surface area contributed by atoms with Gasteiger partial charge in [-0.1, -0.05) is 48.0 Å². The summed E-state index contributed by atoms with van der Waals surface area (Å²) in [5.74, 6) is -0.492. The fourth-order valence-corrected chi connectivity index (χ4v) is 5.14. The Morgan fingerprint density at radius 2 is 1.74 bits per heavy atom. The number of hydrogen-bond donors (Lipinski definition) is 0. The van der Waals surface area contributed by atoms with Crippen LogP contribution in [0, 0.1) is 10.1 Å². The first-order valence-electron chi connectivity index (χ1n) is 9.92. The van der Waals surface area contributed by atoms with Crippen LogP contribution in [0.5, 0.6) is 5.75 Å². The van der Waals surface area contributed by atoms with E-state index in [1.54, 1.807) is 24.3 Å². The first-order valence-corrected chi connectivity index (χ1v) is 12.5. The van der Waals surface area contributed by atoms with E-state index in [9.17, 15) is 28.1 Å². The molecule has 35 heavy (non-hydrogen) atoms. The molecule has 178 valence electrons. The summed E-state index contributed by atoms with van der Waals surface area (Å²) in [7, 11) is -4.30. The van der Waals surface area contributed by atoms with Crippen LogP contribution in [-0.4, -0.2) is 29.4 Å². The number of non-ortho nitro benzene ring substituents is 1. The number of nitrogens with zero attached hydrogens (tertiary/aromatic N) is 2. The van der Waals surface area contributed by atoms with E-state index in [-0.39, 0.29) is 27.8 Å². The summed E-state index contributed by atoms with van der Waals surface area (Å²) >= 11 is 6.92. The largest absolute Gasteiger partial charge is 0.379 e. The number of carbonyl (C=O) groups excluding carboxylic acids is 2. The number of rotatable bonds is 7. The number of amides is 2. The lowest BCUT2D eigenvalue weighted by molar-refractivity contribution is -0.385. The van der Waals surface area contributed by atoms with E-state index in [4.69, 9.17) is 15.8 Å². The zero-order valence-corrected chi connectivity index (χ0v) is 20.0. The average molecular weight is 531 g/mol. The molecule has 3 aromatic rings. The average Bonchev–Trinajstić information content (AvgIpc) is 3.09. The number of carbonyl (C=O) groups is 2. The van der Waals surface area contributed by atoms with Crippen LogP contribution < -0.4 is 4.18 Å². The van der Waals surface area contributed by atoms with Crippen molar-refractivity contribution in [1.29, 1.82) is 0 Å². The van der Waals surface area contributed by atoms with Gasteiger partial charge < -0.3 is 4.18 Å². The third-order valence-electron chi connectivity index (χ3n) is 4.86. The second-order valence-corrected chi connectivity index (χ2v) is 10.2. The Labute approximate surface area is 209 Å². The predicted molar refractivity (Wildman–Crippen MR) is 130 cm³/mol. The molecule has 2 amide bonds. The van der Waals surface area contributed by atoms with Crippen molar-refractivity contribution < 1.29 is 27.1 Å². The molecule has 0 N–H and O–H groups in total. The number of hydrogen-bond acceptors (Lipinski definition) is 8. The monoisotopic (exact) mass is 530 g/mol. The van der Waals surface area contributed by atoms with E-state index >= 15 is 0 Å². The zero-order chi connectivity index (χ0) is 25.2. The van der Waals surface area contributed by atoms with Gasteiger partial charge in [-0.15, -0.1) is 0 Å². The Kier molecular flexibility index (Phi) is 6.92. The highest BCUT2D eigenvalue weighted by molar-refractivity contribution is 8.18. The maximum absolute atomic E-state index is 12.7. The summed E-state index contributed by atoms with van der Waals surface area (Å²) in [4.78, 5) is 36.3. The molecule has 0 aliphatic carbocycles. The van der Waals surface area contributed by atoms with E-state index < -0.39 is 26.2 Å². The summed E-state index contributed by atoms with van der Waals surface area (Å²) in [6.07, 6.45) is 1.51. The molecule has 0 unspecified atom stereocenters. The van der Waals surface area contributed by atoms with Crippen molar-refractivity contribution in [2.24, 2.45) is 0 Å². The molecule has 1 saturated heterocycles. The smallest absolute Gasteiger partial charge is 0.339 e. The highest BCUT2D eigenvalue weighted by atomic mass is 35.5. The Morgan fingerprint density at radius 1 is 1.03 bits per heavy atom. The lowest BCUT2D eigenvalue weighted by atomic mass is 10.2. The van der Waals surface area contributed by atoms with Crippen LogP contribution in [0.4, 0.5) is 10.5 Å². The van der Waals surface area contributed by atoms with Gasteiger partial charge in [0.25, 0.3) is 16.8 Å². The zero-order valence-electron chi connectivity index (χ0n) is 17.7. The van der Waals surface area contributed by atoms with Gasteiger partial charge in [0, 0.05) is 17.2 Å². The van der Waals surface area contributed by atoms with E-state index in [0.29, 0.717) is 16.1 Å². The Morgan fingerprint density at radius 3 is 2.43 bits per heavy atom. The van der Waals surface area contributed by atoms with Crippen LogP contribution in [-0.2, 0) is 21.5 Å². The maximum Gasteiger partial charge on any atom is 0.339 e. The molecule has 12 heteroatoms. The number of imide groups is 1. The summed E-state index contributed by atoms with van der Waals surface area (Å²) in [5, 5.41) is 10.9. The Hall–Kier alpha value is -3.67. The fraction of sp³-hybridized carbons (Fsp3) is 0.0435. The van der Waals surface area contributed by atoms with Crippen molar-refractivity contribution >= 4 is 56.4 Å². The molecule has 1 aliphatic rings. The first kappa shape index (κ1) is 24.5. The van der Waals surface area contributed by atoms with Crippen LogP contribution in [0.2, 0.25) is 5.02 Å². The van der Waals surface area contributed by atoms with Gasteiger partial charge in [0.15, 0.2) is 0 Å². The first-order chi connectivity index (χ1) is 16.6. The van der Waals surface area contributed by atoms with Crippen molar-refractivity contribution in [3.05, 3.63) is 104 Å². The minimum Gasteiger partial charge on any atom is -0.379 e. The molecule has 0 aromatic heterocycles. The lowest BCUT2D eigenvalue weighted by Gasteiger charge is -2.13. The van der Waals surface area contributed by atoms with Gasteiger partial charge >= 0.3 is 10.1 Å². The number of nitro benzene ring substituents is 1. The third kappa shape index (κ3) is 5.53. The van der Waals surface area contributed by atoms with Crippen molar-refractivity contribution in [1.82, 2.24) is 4.90 Å². The topological polar surface area (TPSA) is 124 Å². The van der Waals surface area contributed by atoms with Gasteiger partial charge in [0.2, 0.25) is 0 Å². The van der Waals surface area contributed by atoms with Crippen LogP contribution in [0.1, 0.15) is 11.1 Å². The molecule has 4 rings (SSSR count). The lowest BCUT2D eigenvalue weighted by Crippen LogP contribution is -2.27. The van der Waals surface area contributed by atoms with Gasteiger partial charge in [-0.2, -0.15) is 8.42 Å². The fourth-order valence-electron chi connectivity index (χ4n) is 3.13. The minimum absolute atomic E-state index is 0.0273. The molecule has 1 heterocycles. The summed E-state index contributed by atoms with van der Waals surface area (Å²) in [5.41, 5.74) is 0.797. The SMILES string of the molecule is O=C1S/C(=C\c2ccc(OS(=O)(=O)c3cccc([N+](=O)[O-])c3)cc2)C(=O)N1Cc1ccccc1Cl. The Balaban J connectivity index is 1.48. The highest BCUT2D eigenvalue weighted by Gasteiger charge is 2.35. The quantitative estimate of drug-likeness (QED) is 0.175. The van der Waals surface area contributed by atoms with E-state index in [1.165, 1.54) is 48.5 Å². The van der Waals surface area contributed by atoms with Crippen molar-refractivity contribution in [2.75, 3.05) is 0 Å². The Bertz CT molecular complexity index is 1470. The van der Waals surface area contributed by atoms with Gasteiger partial charge in [-0.05, 0) is 53.2 Å². The van der Waals surface area contributed by atoms with Gasteiger partial charge in [-0.3, -0.25) is 24.6 Å². The van der Waals surface area contributed by atoms with Crippen LogP contribution in [0.25, 0.3) is 6.08 Å². The standard InChI is InChI=1S/C23H15ClN2O7S2/c24-20-7-2-1-4-16(20)14-25-22(27)21(34-23(25)28)12-15-8-10-18(11-9-15)33-35(31,32)19-6-3-5-17(13-19)26(29)30/h1-13H,14H2/b21-12-. The summed E-state index contributed by atoms with van der Waals surface area (Å²) < 4.78 is 30.0. The van der Waals surface area contributed by atoms with Crippen molar-refractivity contribution in [2.45, 2.75) is 11.4 Å². The van der Waals surface area contributed by atoms with E-state index in [1.807, 2.05) is 0 Å². The number of nitro groups is 1. The van der Waals surface area contributed by atoms with E-state index in [2.05, 4.69) is 0 Å². The number of thioether (sulfide) groups is 1. The molecule has 0 radical (unpaired) electrons. The van der Waals surface area contributed by atoms with Crippen LogP contribution >= 0.6 is 23.4 Å². The van der Waals surface area contributed by atoms with Crippen LogP contribution in [0.3, 0.4) is 0 Å². The van der Waals surface area contributed by atoms with Gasteiger partial charge in [-0.25, -0.2) is 0 Å². The van der Waals surface area contributed by atoms with Gasteiger partial charge in [0.1, 0.15) is 10.6 Å². The minimum atomic E-state index is -4.30. The summed E-state index contributed by atoms with van der Waals surface area (Å²) in [6, 6.07) is 17.2. The normalized spacial score (nSPS) is 15.0. The molecule has 9 nitrogen and oxygen atoms in total. The third-order valence-corrected chi connectivity index (χ3v) is 7.38. The van der Waals surface area contributed by atoms with Gasteiger partial charge in [0.05, 0.1) is 16.4 Å². The molecule has 1 aliphatic heterocycles. The molecule has 0 atom stereocenters. The number of halogens is 1. The maximum atomic E-state index is 12.7. The number of benzene rings is 3. The molecule has 0 saturated carbocycles. The predicted octanol–water partition coefficient (Wildman–Crippen LogP) is 5.25. The highest BCUT2D eigenvalue weighted by Crippen LogP contribution is 2.34. The molecular formula is C23H15ClN2O7S2. The van der Waals surface area contributed by atoms with Crippen molar-refractivity contribution in [3.63, 3.8) is 0 Å². The summed E-state index contributed by atoms with van der Waals surface area (Å²) in [6.45, 7) is 0.0456. The van der Waals surface area contributed by atoms with Crippen molar-refractivity contribution in [3.8, 4) is 5.75 Å². The molecule has 3 aromatic carbocycles. The molecule has 0 bridgehead atoms. The van der Waals surface area contributed by atoms with E-state index in [0.717, 1.165) is 22.7 Å². The second kappa shape index (κ2) is 9.90. The molecule has 1 fully saturated rings. The second-order valence-electron chi connectivity index (χ2n) is 7.22. The molecule has 0 spiro atoms.